The normalized spacial score (nSPS) is 12.2. The molecule has 0 aliphatic rings. The molecule has 0 saturated heterocycles. The number of carbonyl (C=O) groups is 1. The summed E-state index contributed by atoms with van der Waals surface area (Å²) in [7, 11) is 0. The summed E-state index contributed by atoms with van der Waals surface area (Å²) in [6, 6.07) is 23.1. The summed E-state index contributed by atoms with van der Waals surface area (Å²) in [5.41, 5.74) is 5.90. The Hall–Kier alpha value is -4.92. The zero-order valence-electron chi connectivity index (χ0n) is 23.1. The van der Waals surface area contributed by atoms with Crippen LogP contribution in [0, 0.1) is 13.8 Å². The number of aromatic nitrogens is 3. The average Bonchev–Trinajstić information content (AvgIpc) is 3.48. The number of phenols is 1. The predicted octanol–water partition coefficient (Wildman–Crippen LogP) is 6.99. The molecule has 42 heavy (non-hydrogen) atoms. The zero-order valence-corrected chi connectivity index (χ0v) is 23.1. The highest BCUT2D eigenvalue weighted by Crippen LogP contribution is 2.32. The number of nitrogens with one attached hydrogen (secondary N) is 1. The molecule has 1 aromatic heterocycles. The number of phenolic OH excluding ortho intramolecular Hbond substituents is 1. The molecule has 2 N–H and O–H groups in total. The highest BCUT2D eigenvalue weighted by molar-refractivity contribution is 5.98. The lowest BCUT2D eigenvalue weighted by molar-refractivity contribution is -0.137. The maximum absolute atomic E-state index is 13.4. The van der Waals surface area contributed by atoms with Crippen molar-refractivity contribution in [2.75, 3.05) is 0 Å². The van der Waals surface area contributed by atoms with Crippen LogP contribution in [0.3, 0.4) is 0 Å². The van der Waals surface area contributed by atoms with Gasteiger partial charge in [0.25, 0.3) is 5.91 Å². The number of benzene rings is 4. The molecule has 5 aromatic rings. The lowest BCUT2D eigenvalue weighted by Crippen LogP contribution is -2.39. The molecule has 0 bridgehead atoms. The van der Waals surface area contributed by atoms with Gasteiger partial charge in [0.05, 0.1) is 23.7 Å². The van der Waals surface area contributed by atoms with Gasteiger partial charge in [0.15, 0.2) is 0 Å². The number of alkyl halides is 3. The number of hydrogen-bond acceptors (Lipinski definition) is 4. The quantitative estimate of drug-likeness (QED) is 0.211. The second-order valence-corrected chi connectivity index (χ2v) is 10.3. The smallest absolute Gasteiger partial charge is 0.416 e. The fraction of sp³-hybridized carbons (Fsp3) is 0.182. The molecule has 1 atom stereocenters. The molecule has 0 saturated carbocycles. The Labute approximate surface area is 241 Å². The van der Waals surface area contributed by atoms with Gasteiger partial charge in [-0.15, -0.1) is 0 Å². The van der Waals surface area contributed by atoms with Crippen molar-refractivity contribution in [3.63, 3.8) is 0 Å². The van der Waals surface area contributed by atoms with Crippen molar-refractivity contribution in [2.24, 2.45) is 0 Å². The predicted molar refractivity (Wildman–Crippen MR) is 155 cm³/mol. The van der Waals surface area contributed by atoms with Gasteiger partial charge in [0.2, 0.25) is 0 Å². The van der Waals surface area contributed by atoms with Crippen LogP contribution in [0.2, 0.25) is 0 Å². The van der Waals surface area contributed by atoms with Gasteiger partial charge < -0.3 is 10.4 Å². The van der Waals surface area contributed by atoms with E-state index in [4.69, 9.17) is 0 Å². The maximum atomic E-state index is 13.4. The van der Waals surface area contributed by atoms with E-state index >= 15 is 0 Å². The SMILES string of the molecule is Cc1ccc(-c2ccc(CC(Cn3cncn3)NC(=O)c3cc(-c4ccc(C(F)(F)F)cc4)ccc3O)cc2)cc1C. The van der Waals surface area contributed by atoms with Crippen molar-refractivity contribution in [3.05, 3.63) is 125 Å². The molecule has 0 spiro atoms. The molecule has 1 unspecified atom stereocenters. The van der Waals surface area contributed by atoms with Crippen LogP contribution in [0.4, 0.5) is 13.2 Å². The van der Waals surface area contributed by atoms with E-state index < -0.39 is 23.7 Å². The minimum absolute atomic E-state index is 0.0149. The van der Waals surface area contributed by atoms with Gasteiger partial charge in [0.1, 0.15) is 18.4 Å². The highest BCUT2D eigenvalue weighted by atomic mass is 19.4. The monoisotopic (exact) mass is 570 g/mol. The second kappa shape index (κ2) is 11.9. The molecule has 6 nitrogen and oxygen atoms in total. The summed E-state index contributed by atoms with van der Waals surface area (Å²) in [6.07, 6.45) is -0.989. The minimum atomic E-state index is -4.45. The molecular formula is C33H29F3N4O2. The van der Waals surface area contributed by atoms with Crippen LogP contribution in [0.25, 0.3) is 22.3 Å². The summed E-state index contributed by atoms with van der Waals surface area (Å²) in [5, 5.41) is 17.7. The van der Waals surface area contributed by atoms with Crippen molar-refractivity contribution in [2.45, 2.75) is 39.0 Å². The van der Waals surface area contributed by atoms with Crippen molar-refractivity contribution in [3.8, 4) is 28.0 Å². The molecule has 4 aromatic carbocycles. The van der Waals surface area contributed by atoms with Crippen LogP contribution in [0.1, 0.15) is 32.6 Å². The summed E-state index contributed by atoms with van der Waals surface area (Å²) in [4.78, 5) is 17.4. The molecule has 0 radical (unpaired) electrons. The van der Waals surface area contributed by atoms with Crippen LogP contribution in [-0.4, -0.2) is 31.8 Å². The number of rotatable bonds is 8. The van der Waals surface area contributed by atoms with Crippen molar-refractivity contribution >= 4 is 5.91 Å². The number of hydrogen-bond donors (Lipinski definition) is 2. The molecule has 1 heterocycles. The molecule has 0 aliphatic carbocycles. The van der Waals surface area contributed by atoms with Crippen molar-refractivity contribution < 1.29 is 23.1 Å². The van der Waals surface area contributed by atoms with Gasteiger partial charge in [0, 0.05) is 0 Å². The molecule has 0 aliphatic heterocycles. The van der Waals surface area contributed by atoms with Crippen LogP contribution >= 0.6 is 0 Å². The first-order valence-electron chi connectivity index (χ1n) is 13.4. The standard InChI is InChI=1S/C33H29F3N4O2/c1-21-3-6-26(15-22(21)2)24-7-4-23(5-8-24)16-29(18-40-20-37-19-38-40)39-32(42)30-17-27(11-14-31(30)41)25-9-12-28(13-10-25)33(34,35)36/h3-15,17,19-20,29,41H,16,18H2,1-2H3,(H,39,42). The Balaban J connectivity index is 1.35. The fourth-order valence-corrected chi connectivity index (χ4v) is 4.77. The minimum Gasteiger partial charge on any atom is -0.507 e. The molecule has 5 rings (SSSR count). The second-order valence-electron chi connectivity index (χ2n) is 10.3. The lowest BCUT2D eigenvalue weighted by Gasteiger charge is -2.20. The van der Waals surface area contributed by atoms with E-state index in [1.807, 2.05) is 24.3 Å². The highest BCUT2D eigenvalue weighted by Gasteiger charge is 2.30. The van der Waals surface area contributed by atoms with E-state index in [9.17, 15) is 23.1 Å². The largest absolute Gasteiger partial charge is 0.507 e. The third-order valence-electron chi connectivity index (χ3n) is 7.27. The maximum Gasteiger partial charge on any atom is 0.416 e. The molecule has 1 amide bonds. The lowest BCUT2D eigenvalue weighted by atomic mass is 9.97. The number of carbonyl (C=O) groups excluding carboxylic acids is 1. The van der Waals surface area contributed by atoms with E-state index in [1.165, 1.54) is 41.7 Å². The summed E-state index contributed by atoms with van der Waals surface area (Å²) in [5.74, 6) is -0.751. The van der Waals surface area contributed by atoms with Crippen molar-refractivity contribution in [1.82, 2.24) is 20.1 Å². The average molecular weight is 571 g/mol. The van der Waals surface area contributed by atoms with Crippen LogP contribution in [0.5, 0.6) is 5.75 Å². The number of nitrogens with zero attached hydrogens (tertiary/aromatic N) is 3. The third kappa shape index (κ3) is 6.68. The van der Waals surface area contributed by atoms with Gasteiger partial charge in [-0.05, 0) is 83.5 Å². The number of amides is 1. The van der Waals surface area contributed by atoms with E-state index in [0.717, 1.165) is 28.8 Å². The number of aromatic hydroxyl groups is 1. The van der Waals surface area contributed by atoms with Gasteiger partial charge in [-0.2, -0.15) is 18.3 Å². The number of halogens is 3. The summed E-state index contributed by atoms with van der Waals surface area (Å²) in [6.45, 7) is 4.50. The zero-order chi connectivity index (χ0) is 29.9. The molecule has 0 fully saturated rings. The Morgan fingerprint density at radius 3 is 2.10 bits per heavy atom. The van der Waals surface area contributed by atoms with Gasteiger partial charge in [-0.1, -0.05) is 60.7 Å². The first kappa shape index (κ1) is 28.6. The van der Waals surface area contributed by atoms with E-state index in [2.05, 4.69) is 47.4 Å². The Morgan fingerprint density at radius 1 is 0.857 bits per heavy atom. The van der Waals surface area contributed by atoms with E-state index in [1.54, 1.807) is 17.1 Å². The van der Waals surface area contributed by atoms with Crippen LogP contribution in [-0.2, 0) is 19.1 Å². The van der Waals surface area contributed by atoms with Gasteiger partial charge >= 0.3 is 6.18 Å². The van der Waals surface area contributed by atoms with Crippen LogP contribution in [0.15, 0.2) is 97.6 Å². The first-order valence-corrected chi connectivity index (χ1v) is 13.4. The van der Waals surface area contributed by atoms with Crippen molar-refractivity contribution in [1.29, 1.82) is 0 Å². The van der Waals surface area contributed by atoms with E-state index in [0.29, 0.717) is 24.1 Å². The fourth-order valence-electron chi connectivity index (χ4n) is 4.77. The Morgan fingerprint density at radius 2 is 1.48 bits per heavy atom. The topological polar surface area (TPSA) is 80.0 Å². The van der Waals surface area contributed by atoms with Crippen LogP contribution < -0.4 is 5.32 Å². The Bertz CT molecular complexity index is 1680. The third-order valence-corrected chi connectivity index (χ3v) is 7.27. The van der Waals surface area contributed by atoms with E-state index in [-0.39, 0.29) is 11.3 Å². The van der Waals surface area contributed by atoms with Gasteiger partial charge in [-0.3, -0.25) is 9.48 Å². The molecule has 214 valence electrons. The number of aryl methyl sites for hydroxylation is 2. The summed E-state index contributed by atoms with van der Waals surface area (Å²) < 4.78 is 40.6. The van der Waals surface area contributed by atoms with Gasteiger partial charge in [-0.25, -0.2) is 4.98 Å². The molecular weight excluding hydrogens is 541 g/mol. The summed E-state index contributed by atoms with van der Waals surface area (Å²) >= 11 is 0. The first-order chi connectivity index (χ1) is 20.1. The Kier molecular flexibility index (Phi) is 8.10. The molecule has 9 heteroatoms.